The number of esters is 1. The van der Waals surface area contributed by atoms with Crippen molar-refractivity contribution in [3.8, 4) is 5.00 Å². The van der Waals surface area contributed by atoms with Crippen molar-refractivity contribution < 1.29 is 23.9 Å². The normalized spacial score (nSPS) is 20.0. The maximum atomic E-state index is 13.3. The Labute approximate surface area is 214 Å². The number of thiophene rings is 1. The lowest BCUT2D eigenvalue weighted by molar-refractivity contribution is -0.132. The second-order valence-electron chi connectivity index (χ2n) is 9.83. The first-order valence-electron chi connectivity index (χ1n) is 12.6. The van der Waals surface area contributed by atoms with Crippen molar-refractivity contribution in [3.63, 3.8) is 0 Å². The predicted molar refractivity (Wildman–Crippen MR) is 136 cm³/mol. The molecule has 0 spiro atoms. The number of fused-ring (bicyclic) bond motifs is 1. The lowest BCUT2D eigenvalue weighted by atomic mass is 9.93. The second-order valence-corrected chi connectivity index (χ2v) is 10.9. The van der Waals surface area contributed by atoms with E-state index in [1.54, 1.807) is 17.4 Å². The number of nitrogens with one attached hydrogen (secondary N) is 1. The molecular formula is C27H31N3O5S. The van der Waals surface area contributed by atoms with Gasteiger partial charge in [0.25, 0.3) is 11.8 Å². The van der Waals surface area contributed by atoms with E-state index in [1.165, 1.54) is 16.9 Å². The van der Waals surface area contributed by atoms with Gasteiger partial charge in [-0.25, -0.2) is 9.59 Å². The number of nitrogens with zero attached hydrogens (tertiary/aromatic N) is 2. The van der Waals surface area contributed by atoms with E-state index in [2.05, 4.69) is 5.32 Å². The van der Waals surface area contributed by atoms with Gasteiger partial charge >= 0.3 is 12.0 Å². The molecule has 1 N–H and O–H groups in total. The highest BCUT2D eigenvalue weighted by Gasteiger charge is 2.40. The lowest BCUT2D eigenvalue weighted by Crippen LogP contribution is -2.58. The van der Waals surface area contributed by atoms with Gasteiger partial charge in [-0.2, -0.15) is 0 Å². The number of methoxy groups -OCH3 is 1. The molecule has 4 amide bonds. The highest BCUT2D eigenvalue weighted by molar-refractivity contribution is 7.15. The monoisotopic (exact) mass is 509 g/mol. The number of hydrogen-bond acceptors (Lipinski definition) is 6. The van der Waals surface area contributed by atoms with Crippen LogP contribution >= 0.6 is 11.3 Å². The molecule has 1 aliphatic heterocycles. The third-order valence-electron chi connectivity index (χ3n) is 7.59. The third-order valence-corrected chi connectivity index (χ3v) is 8.87. The highest BCUT2D eigenvalue weighted by atomic mass is 32.1. The minimum Gasteiger partial charge on any atom is -0.465 e. The SMILES string of the molecule is COC(=O)c1c(-n2c(C)cc(/C=C3\C(=O)NC(=O)N(C4CCCCC4)C3=O)c2C)sc2c1CCCC2. The van der Waals surface area contributed by atoms with E-state index in [9.17, 15) is 19.2 Å². The zero-order chi connectivity index (χ0) is 25.6. The Kier molecular flexibility index (Phi) is 6.59. The van der Waals surface area contributed by atoms with Gasteiger partial charge in [-0.3, -0.25) is 19.8 Å². The highest BCUT2D eigenvalue weighted by Crippen LogP contribution is 2.39. The van der Waals surface area contributed by atoms with Crippen molar-refractivity contribution in [1.82, 2.24) is 14.8 Å². The van der Waals surface area contributed by atoms with Crippen molar-refractivity contribution in [2.45, 2.75) is 77.7 Å². The molecule has 5 rings (SSSR count). The van der Waals surface area contributed by atoms with Crippen LogP contribution in [0.5, 0.6) is 0 Å². The van der Waals surface area contributed by atoms with Crippen molar-refractivity contribution in [2.24, 2.45) is 0 Å². The topological polar surface area (TPSA) is 97.7 Å². The first-order chi connectivity index (χ1) is 17.3. The number of hydrogen-bond donors (Lipinski definition) is 1. The Hall–Kier alpha value is -3.20. The van der Waals surface area contributed by atoms with Crippen LogP contribution in [0.15, 0.2) is 11.6 Å². The number of aryl methyl sites for hydroxylation is 2. The lowest BCUT2D eigenvalue weighted by Gasteiger charge is -2.35. The summed E-state index contributed by atoms with van der Waals surface area (Å²) >= 11 is 1.61. The summed E-state index contributed by atoms with van der Waals surface area (Å²) in [4.78, 5) is 53.9. The molecule has 0 bridgehead atoms. The number of imide groups is 2. The van der Waals surface area contributed by atoms with Crippen molar-refractivity contribution in [1.29, 1.82) is 0 Å². The van der Waals surface area contributed by atoms with Crippen LogP contribution in [0, 0.1) is 13.8 Å². The molecule has 0 unspecified atom stereocenters. The number of barbiturate groups is 1. The first-order valence-corrected chi connectivity index (χ1v) is 13.5. The van der Waals surface area contributed by atoms with E-state index in [4.69, 9.17) is 4.74 Å². The minimum atomic E-state index is -0.677. The summed E-state index contributed by atoms with van der Waals surface area (Å²) in [6.07, 6.45) is 10.0. The summed E-state index contributed by atoms with van der Waals surface area (Å²) in [6, 6.07) is 1.09. The summed E-state index contributed by atoms with van der Waals surface area (Å²) < 4.78 is 7.16. The van der Waals surface area contributed by atoms with Gasteiger partial charge in [0.1, 0.15) is 10.6 Å². The fourth-order valence-corrected chi connectivity index (χ4v) is 7.25. The van der Waals surface area contributed by atoms with Crippen LogP contribution in [0.2, 0.25) is 0 Å². The van der Waals surface area contributed by atoms with Gasteiger partial charge in [0.05, 0.1) is 12.7 Å². The fraction of sp³-hybridized carbons (Fsp3) is 0.481. The first kappa shape index (κ1) is 24.5. The maximum Gasteiger partial charge on any atom is 0.341 e. The molecule has 36 heavy (non-hydrogen) atoms. The predicted octanol–water partition coefficient (Wildman–Crippen LogP) is 4.62. The summed E-state index contributed by atoms with van der Waals surface area (Å²) in [5.41, 5.74) is 4.03. The van der Waals surface area contributed by atoms with Crippen LogP contribution in [0.3, 0.4) is 0 Å². The largest absolute Gasteiger partial charge is 0.465 e. The summed E-state index contributed by atoms with van der Waals surface area (Å²) in [6.45, 7) is 3.85. The number of aromatic nitrogens is 1. The van der Waals surface area contributed by atoms with Crippen LogP contribution in [0.4, 0.5) is 4.79 Å². The van der Waals surface area contributed by atoms with Crippen LogP contribution in [0.1, 0.15) is 82.7 Å². The van der Waals surface area contributed by atoms with E-state index in [1.807, 2.05) is 24.5 Å². The van der Waals surface area contributed by atoms with E-state index in [-0.39, 0.29) is 17.6 Å². The van der Waals surface area contributed by atoms with Crippen LogP contribution < -0.4 is 5.32 Å². The number of amides is 4. The summed E-state index contributed by atoms with van der Waals surface area (Å²) in [7, 11) is 1.40. The summed E-state index contributed by atoms with van der Waals surface area (Å²) in [5, 5.41) is 3.17. The second kappa shape index (κ2) is 9.69. The molecule has 2 aliphatic carbocycles. The molecule has 1 saturated carbocycles. The molecule has 0 aromatic carbocycles. The van der Waals surface area contributed by atoms with Gasteiger partial charge in [0.15, 0.2) is 0 Å². The molecule has 9 heteroatoms. The van der Waals surface area contributed by atoms with Gasteiger partial charge in [0, 0.05) is 22.3 Å². The maximum absolute atomic E-state index is 13.3. The van der Waals surface area contributed by atoms with Crippen LogP contribution in [-0.4, -0.2) is 46.4 Å². The molecule has 3 aliphatic rings. The number of carbonyl (C=O) groups excluding carboxylic acids is 4. The zero-order valence-corrected chi connectivity index (χ0v) is 21.8. The van der Waals surface area contributed by atoms with E-state index in [0.29, 0.717) is 11.1 Å². The summed E-state index contributed by atoms with van der Waals surface area (Å²) in [5.74, 6) is -1.56. The van der Waals surface area contributed by atoms with Crippen molar-refractivity contribution in [3.05, 3.63) is 44.6 Å². The van der Waals surface area contributed by atoms with E-state index >= 15 is 0 Å². The van der Waals surface area contributed by atoms with E-state index < -0.39 is 17.8 Å². The standard InChI is InChI=1S/C27H31N3O5S/c1-15-13-17(14-20-23(31)28-27(34)30(24(20)32)18-9-5-4-6-10-18)16(2)29(15)25-22(26(33)35-3)19-11-7-8-12-21(19)36-25/h13-14,18H,4-12H2,1-3H3,(H,28,31,34)/b20-14+. The third kappa shape index (κ3) is 4.09. The van der Waals surface area contributed by atoms with Gasteiger partial charge in [0.2, 0.25) is 0 Å². The quantitative estimate of drug-likeness (QED) is 0.369. The molecule has 2 aromatic heterocycles. The number of ether oxygens (including phenoxy) is 1. The Morgan fingerprint density at radius 1 is 1.08 bits per heavy atom. The van der Waals surface area contributed by atoms with Crippen LogP contribution in [0.25, 0.3) is 11.1 Å². The Morgan fingerprint density at radius 2 is 1.81 bits per heavy atom. The van der Waals surface area contributed by atoms with Gasteiger partial charge in [-0.1, -0.05) is 19.3 Å². The average molecular weight is 510 g/mol. The molecule has 2 fully saturated rings. The minimum absolute atomic E-state index is 0.0425. The molecule has 0 radical (unpaired) electrons. The average Bonchev–Trinajstić information content (AvgIpc) is 3.37. The molecule has 190 valence electrons. The smallest absolute Gasteiger partial charge is 0.341 e. The number of carbonyl (C=O) groups is 4. The molecule has 3 heterocycles. The Balaban J connectivity index is 1.56. The molecular weight excluding hydrogens is 478 g/mol. The molecule has 0 atom stereocenters. The van der Waals surface area contributed by atoms with Crippen molar-refractivity contribution >= 4 is 41.2 Å². The molecule has 8 nitrogen and oxygen atoms in total. The van der Waals surface area contributed by atoms with Gasteiger partial charge in [-0.15, -0.1) is 11.3 Å². The van der Waals surface area contributed by atoms with E-state index in [0.717, 1.165) is 79.7 Å². The van der Waals surface area contributed by atoms with Crippen LogP contribution in [-0.2, 0) is 27.2 Å². The Bertz CT molecular complexity index is 1290. The van der Waals surface area contributed by atoms with Crippen molar-refractivity contribution in [2.75, 3.05) is 7.11 Å². The number of urea groups is 1. The molecule has 2 aromatic rings. The van der Waals surface area contributed by atoms with Gasteiger partial charge in [-0.05, 0) is 75.6 Å². The fourth-order valence-electron chi connectivity index (χ4n) is 5.77. The molecule has 1 saturated heterocycles. The Morgan fingerprint density at radius 3 is 2.53 bits per heavy atom. The van der Waals surface area contributed by atoms with Gasteiger partial charge < -0.3 is 9.30 Å². The number of rotatable bonds is 4. The zero-order valence-electron chi connectivity index (χ0n) is 20.9.